The summed E-state index contributed by atoms with van der Waals surface area (Å²) in [5.41, 5.74) is 5.37. The Balaban J connectivity index is 1.92. The van der Waals surface area contributed by atoms with Crippen molar-refractivity contribution in [3.63, 3.8) is 0 Å². The molecule has 0 unspecified atom stereocenters. The van der Waals surface area contributed by atoms with Crippen molar-refractivity contribution >= 4 is 17.5 Å². The van der Waals surface area contributed by atoms with Crippen LogP contribution in [-0.4, -0.2) is 47.0 Å². The third-order valence-electron chi connectivity index (χ3n) is 4.41. The molecule has 6 heteroatoms. The number of nitrogens with one attached hydrogen (secondary N) is 2. The van der Waals surface area contributed by atoms with Crippen molar-refractivity contribution in [2.75, 3.05) is 37.8 Å². The van der Waals surface area contributed by atoms with E-state index in [2.05, 4.69) is 56.5 Å². The average molecular weight is 362 g/mol. The minimum Gasteiger partial charge on any atom is -0.353 e. The Morgan fingerprint density at radius 1 is 1.00 bits per heavy atom. The molecule has 3 aromatic rings. The molecule has 140 valence electrons. The van der Waals surface area contributed by atoms with Crippen LogP contribution in [0.2, 0.25) is 0 Å². The Hall–Kier alpha value is -2.99. The zero-order valence-corrected chi connectivity index (χ0v) is 16.3. The molecule has 0 radical (unpaired) electrons. The minimum absolute atomic E-state index is 0.610. The van der Waals surface area contributed by atoms with Gasteiger partial charge in [-0.3, -0.25) is 4.98 Å². The molecular weight excluding hydrogens is 336 g/mol. The number of nitrogens with zero attached hydrogens (tertiary/aromatic N) is 4. The predicted octanol–water partition coefficient (Wildman–Crippen LogP) is 3.87. The topological polar surface area (TPSA) is 66.0 Å². The van der Waals surface area contributed by atoms with Gasteiger partial charge in [0.2, 0.25) is 5.95 Å². The van der Waals surface area contributed by atoms with E-state index in [9.17, 15) is 0 Å². The van der Waals surface area contributed by atoms with Gasteiger partial charge in [-0.2, -0.15) is 4.98 Å². The minimum atomic E-state index is 0.610. The molecule has 6 nitrogen and oxygen atoms in total. The van der Waals surface area contributed by atoms with Crippen LogP contribution in [0.15, 0.2) is 48.8 Å². The first-order chi connectivity index (χ1) is 13.0. The molecule has 0 saturated heterocycles. The quantitative estimate of drug-likeness (QED) is 0.665. The lowest BCUT2D eigenvalue weighted by Gasteiger charge is -2.14. The van der Waals surface area contributed by atoms with Crippen molar-refractivity contribution in [3.8, 4) is 11.3 Å². The van der Waals surface area contributed by atoms with E-state index in [1.54, 1.807) is 12.4 Å². The highest BCUT2D eigenvalue weighted by Crippen LogP contribution is 2.25. The predicted molar refractivity (Wildman–Crippen MR) is 112 cm³/mol. The second-order valence-electron chi connectivity index (χ2n) is 6.80. The van der Waals surface area contributed by atoms with Gasteiger partial charge in [-0.05, 0) is 57.3 Å². The van der Waals surface area contributed by atoms with E-state index < -0.39 is 0 Å². The smallest absolute Gasteiger partial charge is 0.225 e. The van der Waals surface area contributed by atoms with Crippen molar-refractivity contribution in [3.05, 3.63) is 59.9 Å². The van der Waals surface area contributed by atoms with Gasteiger partial charge in [-0.15, -0.1) is 0 Å². The van der Waals surface area contributed by atoms with Crippen LogP contribution in [0.5, 0.6) is 0 Å². The number of aromatic nitrogens is 3. The zero-order chi connectivity index (χ0) is 19.2. The average Bonchev–Trinajstić information content (AvgIpc) is 2.66. The van der Waals surface area contributed by atoms with Crippen LogP contribution in [0.3, 0.4) is 0 Å². The molecule has 0 aliphatic rings. The highest BCUT2D eigenvalue weighted by Gasteiger charge is 2.09. The molecule has 0 saturated carbocycles. The first kappa shape index (κ1) is 18.8. The van der Waals surface area contributed by atoms with Gasteiger partial charge in [0.1, 0.15) is 5.82 Å². The van der Waals surface area contributed by atoms with Crippen molar-refractivity contribution in [1.29, 1.82) is 0 Å². The third-order valence-corrected chi connectivity index (χ3v) is 4.41. The molecule has 0 aliphatic carbocycles. The Labute approximate surface area is 160 Å². The van der Waals surface area contributed by atoms with Gasteiger partial charge in [0.15, 0.2) is 0 Å². The van der Waals surface area contributed by atoms with Crippen LogP contribution < -0.4 is 10.6 Å². The summed E-state index contributed by atoms with van der Waals surface area (Å²) in [5, 5.41) is 6.76. The number of pyridine rings is 1. The zero-order valence-electron chi connectivity index (χ0n) is 16.3. The summed E-state index contributed by atoms with van der Waals surface area (Å²) >= 11 is 0. The number of hydrogen-bond donors (Lipinski definition) is 2. The van der Waals surface area contributed by atoms with Crippen LogP contribution in [0, 0.1) is 13.8 Å². The molecule has 1 aromatic carbocycles. The summed E-state index contributed by atoms with van der Waals surface area (Å²) in [5.74, 6) is 1.37. The molecule has 0 amide bonds. The lowest BCUT2D eigenvalue weighted by atomic mass is 10.1. The number of rotatable bonds is 7. The first-order valence-corrected chi connectivity index (χ1v) is 9.04. The monoisotopic (exact) mass is 362 g/mol. The Morgan fingerprint density at radius 2 is 1.78 bits per heavy atom. The molecular formula is C21H26N6. The van der Waals surface area contributed by atoms with E-state index in [0.717, 1.165) is 35.9 Å². The Bertz CT molecular complexity index is 892. The molecule has 0 spiro atoms. The molecule has 0 aliphatic heterocycles. The maximum Gasteiger partial charge on any atom is 0.225 e. The molecule has 3 rings (SSSR count). The molecule has 2 aromatic heterocycles. The van der Waals surface area contributed by atoms with Gasteiger partial charge in [0.05, 0.1) is 5.69 Å². The van der Waals surface area contributed by atoms with E-state index in [-0.39, 0.29) is 0 Å². The van der Waals surface area contributed by atoms with Crippen LogP contribution in [0.4, 0.5) is 17.5 Å². The van der Waals surface area contributed by atoms with Gasteiger partial charge in [-0.1, -0.05) is 12.1 Å². The highest BCUT2D eigenvalue weighted by atomic mass is 15.2. The van der Waals surface area contributed by atoms with Crippen molar-refractivity contribution in [2.24, 2.45) is 0 Å². The van der Waals surface area contributed by atoms with Gasteiger partial charge in [0, 0.05) is 42.8 Å². The summed E-state index contributed by atoms with van der Waals surface area (Å²) in [7, 11) is 4.09. The number of benzene rings is 1. The lowest BCUT2D eigenvalue weighted by Crippen LogP contribution is -2.21. The van der Waals surface area contributed by atoms with Gasteiger partial charge in [0.25, 0.3) is 0 Å². The van der Waals surface area contributed by atoms with Crippen molar-refractivity contribution < 1.29 is 0 Å². The summed E-state index contributed by atoms with van der Waals surface area (Å²) in [6.45, 7) is 5.90. The SMILES string of the molecule is Cc1cccc(Nc2cc(-c3ccncc3)nc(NCCN(C)C)n2)c1C. The van der Waals surface area contributed by atoms with Crippen molar-refractivity contribution in [1.82, 2.24) is 19.9 Å². The Morgan fingerprint density at radius 3 is 2.52 bits per heavy atom. The fourth-order valence-electron chi connectivity index (χ4n) is 2.68. The lowest BCUT2D eigenvalue weighted by molar-refractivity contribution is 0.425. The first-order valence-electron chi connectivity index (χ1n) is 9.04. The molecule has 2 heterocycles. The normalized spacial score (nSPS) is 10.9. The van der Waals surface area contributed by atoms with E-state index in [1.807, 2.05) is 38.4 Å². The summed E-state index contributed by atoms with van der Waals surface area (Å²) < 4.78 is 0. The second kappa shape index (κ2) is 8.60. The van der Waals surface area contributed by atoms with Crippen LogP contribution in [0.1, 0.15) is 11.1 Å². The van der Waals surface area contributed by atoms with Gasteiger partial charge >= 0.3 is 0 Å². The molecule has 0 atom stereocenters. The molecule has 27 heavy (non-hydrogen) atoms. The summed E-state index contributed by atoms with van der Waals surface area (Å²) in [6, 6.07) is 12.1. The van der Waals surface area contributed by atoms with E-state index in [4.69, 9.17) is 0 Å². The summed E-state index contributed by atoms with van der Waals surface area (Å²) in [4.78, 5) is 15.5. The fourth-order valence-corrected chi connectivity index (χ4v) is 2.68. The third kappa shape index (κ3) is 5.01. The molecule has 0 bridgehead atoms. The van der Waals surface area contributed by atoms with Crippen LogP contribution in [-0.2, 0) is 0 Å². The van der Waals surface area contributed by atoms with Crippen molar-refractivity contribution in [2.45, 2.75) is 13.8 Å². The largest absolute Gasteiger partial charge is 0.353 e. The second-order valence-corrected chi connectivity index (χ2v) is 6.80. The fraction of sp³-hybridized carbons (Fsp3) is 0.286. The van der Waals surface area contributed by atoms with Crippen LogP contribution in [0.25, 0.3) is 11.3 Å². The number of anilines is 3. The molecule has 0 fully saturated rings. The number of likely N-dealkylation sites (N-methyl/N-ethyl adjacent to an activating group) is 1. The standard InChI is InChI=1S/C21H26N6/c1-15-6-5-7-18(16(15)2)24-20-14-19(17-8-10-22-11-9-17)25-21(26-20)23-12-13-27(3)4/h5-11,14H,12-13H2,1-4H3,(H2,23,24,25,26). The maximum atomic E-state index is 4.67. The van der Waals surface area contributed by atoms with Gasteiger partial charge < -0.3 is 15.5 Å². The Kier molecular flexibility index (Phi) is 5.98. The maximum absolute atomic E-state index is 4.67. The number of aryl methyl sites for hydroxylation is 1. The number of hydrogen-bond acceptors (Lipinski definition) is 6. The molecule has 2 N–H and O–H groups in total. The highest BCUT2D eigenvalue weighted by molar-refractivity contribution is 5.68. The summed E-state index contributed by atoms with van der Waals surface area (Å²) in [6.07, 6.45) is 3.54. The van der Waals surface area contributed by atoms with E-state index in [0.29, 0.717) is 5.95 Å². The van der Waals surface area contributed by atoms with E-state index >= 15 is 0 Å². The van der Waals surface area contributed by atoms with E-state index in [1.165, 1.54) is 11.1 Å². The van der Waals surface area contributed by atoms with Crippen LogP contribution >= 0.6 is 0 Å². The van der Waals surface area contributed by atoms with Gasteiger partial charge in [-0.25, -0.2) is 4.98 Å².